The molecule has 32 heavy (non-hydrogen) atoms. The normalized spacial score (nSPS) is 15.6. The Hall–Kier alpha value is -3.17. The van der Waals surface area contributed by atoms with Crippen LogP contribution in [0.3, 0.4) is 0 Å². The lowest BCUT2D eigenvalue weighted by Crippen LogP contribution is -2.44. The summed E-state index contributed by atoms with van der Waals surface area (Å²) in [7, 11) is 2.89. The number of hydrogen-bond acceptors (Lipinski definition) is 5. The largest absolute Gasteiger partial charge is 0.383 e. The molecule has 2 aromatic carbocycles. The van der Waals surface area contributed by atoms with Gasteiger partial charge in [0, 0.05) is 32.7 Å². The minimum Gasteiger partial charge on any atom is -0.383 e. The van der Waals surface area contributed by atoms with Crippen LogP contribution in [0.4, 0.5) is 8.78 Å². The number of halogens is 2. The standard InChI is InChI=1S/C23H25F2N3O4/c1-31-12-11-27(23(30)15-32-2)14-22(29)28-21(18-5-3-4-6-19(18)25)13-20(26-28)16-7-9-17(24)10-8-16/h3-10,21H,11-15H2,1-2H3/t21-/m0/s1. The smallest absolute Gasteiger partial charge is 0.262 e. The molecule has 1 atom stereocenters. The molecule has 0 spiro atoms. The highest BCUT2D eigenvalue weighted by molar-refractivity contribution is 6.03. The number of methoxy groups -OCH3 is 2. The fraction of sp³-hybridized carbons (Fsp3) is 0.348. The molecule has 0 aromatic heterocycles. The van der Waals surface area contributed by atoms with E-state index in [4.69, 9.17) is 9.47 Å². The van der Waals surface area contributed by atoms with Crippen LogP contribution in [-0.4, -0.2) is 68.0 Å². The van der Waals surface area contributed by atoms with Gasteiger partial charge >= 0.3 is 0 Å². The zero-order chi connectivity index (χ0) is 23.1. The molecule has 1 aliphatic heterocycles. The van der Waals surface area contributed by atoms with Crippen molar-refractivity contribution in [3.63, 3.8) is 0 Å². The first kappa shape index (κ1) is 23.5. The average Bonchev–Trinajstić information content (AvgIpc) is 3.22. The third-order valence-corrected chi connectivity index (χ3v) is 5.12. The zero-order valence-corrected chi connectivity index (χ0v) is 18.0. The van der Waals surface area contributed by atoms with Crippen molar-refractivity contribution in [3.05, 3.63) is 71.3 Å². The molecule has 0 N–H and O–H groups in total. The SMILES string of the molecule is COCCN(CC(=O)N1N=C(c2ccc(F)cc2)C[C@H]1c1ccccc1F)C(=O)COC. The lowest BCUT2D eigenvalue weighted by molar-refractivity contribution is -0.144. The quantitative estimate of drug-likeness (QED) is 0.595. The predicted octanol–water partition coefficient (Wildman–Crippen LogP) is 2.76. The molecule has 3 rings (SSSR count). The van der Waals surface area contributed by atoms with E-state index in [1.54, 1.807) is 30.3 Å². The van der Waals surface area contributed by atoms with Crippen LogP contribution in [0.5, 0.6) is 0 Å². The molecular formula is C23H25F2N3O4. The van der Waals surface area contributed by atoms with E-state index < -0.39 is 23.6 Å². The maximum absolute atomic E-state index is 14.6. The van der Waals surface area contributed by atoms with Crippen LogP contribution in [0.25, 0.3) is 0 Å². The van der Waals surface area contributed by atoms with E-state index >= 15 is 0 Å². The molecule has 1 aliphatic rings. The number of hydrogen-bond donors (Lipinski definition) is 0. The van der Waals surface area contributed by atoms with Crippen molar-refractivity contribution >= 4 is 17.5 Å². The van der Waals surface area contributed by atoms with Gasteiger partial charge in [0.05, 0.1) is 18.4 Å². The van der Waals surface area contributed by atoms with Crippen LogP contribution < -0.4 is 0 Å². The van der Waals surface area contributed by atoms with Crippen LogP contribution >= 0.6 is 0 Å². The van der Waals surface area contributed by atoms with Crippen molar-refractivity contribution < 1.29 is 27.8 Å². The molecule has 1 heterocycles. The molecule has 0 saturated carbocycles. The summed E-state index contributed by atoms with van der Waals surface area (Å²) in [5.41, 5.74) is 1.47. The Balaban J connectivity index is 1.90. The summed E-state index contributed by atoms with van der Waals surface area (Å²) < 4.78 is 37.9. The van der Waals surface area contributed by atoms with Gasteiger partial charge in [-0.2, -0.15) is 5.10 Å². The third-order valence-electron chi connectivity index (χ3n) is 5.12. The summed E-state index contributed by atoms with van der Waals surface area (Å²) in [5, 5.41) is 5.64. The zero-order valence-electron chi connectivity index (χ0n) is 18.0. The summed E-state index contributed by atoms with van der Waals surface area (Å²) in [6.45, 7) is -0.0186. The number of benzene rings is 2. The summed E-state index contributed by atoms with van der Waals surface area (Å²) >= 11 is 0. The number of carbonyl (C=O) groups excluding carboxylic acids is 2. The number of rotatable bonds is 9. The van der Waals surface area contributed by atoms with Gasteiger partial charge in [-0.05, 0) is 23.8 Å². The van der Waals surface area contributed by atoms with Crippen LogP contribution in [0.1, 0.15) is 23.6 Å². The van der Waals surface area contributed by atoms with Crippen molar-refractivity contribution in [2.75, 3.05) is 40.5 Å². The molecule has 0 unspecified atom stereocenters. The second-order valence-corrected chi connectivity index (χ2v) is 7.27. The van der Waals surface area contributed by atoms with E-state index in [9.17, 15) is 18.4 Å². The molecule has 170 valence electrons. The first-order valence-electron chi connectivity index (χ1n) is 10.1. The minimum atomic E-state index is -0.689. The monoisotopic (exact) mass is 445 g/mol. The first-order chi connectivity index (χ1) is 15.4. The Labute approximate surface area is 185 Å². The van der Waals surface area contributed by atoms with Gasteiger partial charge < -0.3 is 14.4 Å². The fourth-order valence-electron chi connectivity index (χ4n) is 3.49. The predicted molar refractivity (Wildman–Crippen MR) is 114 cm³/mol. The maximum Gasteiger partial charge on any atom is 0.262 e. The fourth-order valence-corrected chi connectivity index (χ4v) is 3.49. The van der Waals surface area contributed by atoms with Crippen molar-refractivity contribution in [3.8, 4) is 0 Å². The van der Waals surface area contributed by atoms with Crippen LogP contribution in [-0.2, 0) is 19.1 Å². The summed E-state index contributed by atoms with van der Waals surface area (Å²) in [6, 6.07) is 11.2. The van der Waals surface area contributed by atoms with E-state index in [0.717, 1.165) is 0 Å². The number of carbonyl (C=O) groups is 2. The lowest BCUT2D eigenvalue weighted by atomic mass is 9.98. The van der Waals surface area contributed by atoms with Gasteiger partial charge in [-0.25, -0.2) is 13.8 Å². The molecule has 2 aromatic rings. The van der Waals surface area contributed by atoms with Crippen molar-refractivity contribution in [2.24, 2.45) is 5.10 Å². The third kappa shape index (κ3) is 5.54. The lowest BCUT2D eigenvalue weighted by Gasteiger charge is -2.27. The molecular weight excluding hydrogens is 420 g/mol. The Bertz CT molecular complexity index is 981. The highest BCUT2D eigenvalue weighted by Crippen LogP contribution is 2.34. The average molecular weight is 445 g/mol. The van der Waals surface area contributed by atoms with Gasteiger partial charge in [0.15, 0.2) is 0 Å². The van der Waals surface area contributed by atoms with Gasteiger partial charge in [0.1, 0.15) is 24.8 Å². The van der Waals surface area contributed by atoms with E-state index in [0.29, 0.717) is 16.8 Å². The molecule has 7 nitrogen and oxygen atoms in total. The second-order valence-electron chi connectivity index (χ2n) is 7.27. The van der Waals surface area contributed by atoms with E-state index in [1.165, 1.54) is 42.3 Å². The van der Waals surface area contributed by atoms with Crippen molar-refractivity contribution in [1.29, 1.82) is 0 Å². The van der Waals surface area contributed by atoms with E-state index in [2.05, 4.69) is 5.10 Å². The van der Waals surface area contributed by atoms with Gasteiger partial charge in [0.2, 0.25) is 5.91 Å². The molecule has 2 amide bonds. The summed E-state index contributed by atoms with van der Waals surface area (Å²) in [5.74, 6) is -1.70. The first-order valence-corrected chi connectivity index (χ1v) is 10.1. The second kappa shape index (κ2) is 10.9. The van der Waals surface area contributed by atoms with E-state index in [-0.39, 0.29) is 38.6 Å². The molecule has 0 fully saturated rings. The van der Waals surface area contributed by atoms with Gasteiger partial charge in [0.25, 0.3) is 5.91 Å². The Kier molecular flexibility index (Phi) is 8.02. The minimum absolute atomic E-state index is 0.183. The van der Waals surface area contributed by atoms with Gasteiger partial charge in [-0.15, -0.1) is 0 Å². The highest BCUT2D eigenvalue weighted by Gasteiger charge is 2.35. The van der Waals surface area contributed by atoms with Crippen LogP contribution in [0.15, 0.2) is 53.6 Å². The van der Waals surface area contributed by atoms with Crippen molar-refractivity contribution in [2.45, 2.75) is 12.5 Å². The van der Waals surface area contributed by atoms with Gasteiger partial charge in [-0.1, -0.05) is 30.3 Å². The summed E-state index contributed by atoms with van der Waals surface area (Å²) in [6.07, 6.45) is 0.252. The van der Waals surface area contributed by atoms with E-state index in [1.807, 2.05) is 0 Å². The number of amides is 2. The summed E-state index contributed by atoms with van der Waals surface area (Å²) in [4.78, 5) is 26.9. The van der Waals surface area contributed by atoms with Crippen LogP contribution in [0.2, 0.25) is 0 Å². The number of ether oxygens (including phenoxy) is 2. The molecule has 0 saturated heterocycles. The molecule has 0 radical (unpaired) electrons. The Morgan fingerprint density at radius 2 is 1.81 bits per heavy atom. The Morgan fingerprint density at radius 1 is 1.09 bits per heavy atom. The highest BCUT2D eigenvalue weighted by atomic mass is 19.1. The topological polar surface area (TPSA) is 71.4 Å². The molecule has 0 aliphatic carbocycles. The van der Waals surface area contributed by atoms with Crippen molar-refractivity contribution in [1.82, 2.24) is 9.91 Å². The Morgan fingerprint density at radius 3 is 2.47 bits per heavy atom. The maximum atomic E-state index is 14.6. The number of nitrogens with zero attached hydrogens (tertiary/aromatic N) is 3. The number of hydrazone groups is 1. The van der Waals surface area contributed by atoms with Gasteiger partial charge in [-0.3, -0.25) is 9.59 Å². The molecule has 0 bridgehead atoms. The molecule has 9 heteroatoms. The van der Waals surface area contributed by atoms with Crippen LogP contribution in [0, 0.1) is 11.6 Å².